The van der Waals surface area contributed by atoms with Crippen molar-refractivity contribution in [2.24, 2.45) is 5.92 Å². The van der Waals surface area contributed by atoms with E-state index in [4.69, 9.17) is 11.6 Å². The summed E-state index contributed by atoms with van der Waals surface area (Å²) in [5, 5.41) is 3.35. The number of carbonyl (C=O) groups excluding carboxylic acids is 1. The molecule has 1 fully saturated rings. The maximum Gasteiger partial charge on any atom is 0.261 e. The second-order valence-corrected chi connectivity index (χ2v) is 8.09. The number of aryl methyl sites for hydroxylation is 2. The Balaban J connectivity index is 1.58. The standard InChI is InChI=1S/C17H24ClNOS/c18-14-8-5-4-7-13(14)11-19-17(20)16-10-12-6-2-1-3-9-15(12)21-16/h10,13-14H,1-9,11H2,(H,19,20). The van der Waals surface area contributed by atoms with Crippen LogP contribution in [0.1, 0.15) is 65.1 Å². The van der Waals surface area contributed by atoms with Crippen molar-refractivity contribution in [1.82, 2.24) is 5.32 Å². The molecule has 2 aliphatic carbocycles. The highest BCUT2D eigenvalue weighted by atomic mass is 35.5. The minimum Gasteiger partial charge on any atom is -0.351 e. The van der Waals surface area contributed by atoms with Crippen molar-refractivity contribution in [1.29, 1.82) is 0 Å². The van der Waals surface area contributed by atoms with Crippen LogP contribution in [0.4, 0.5) is 0 Å². The lowest BCUT2D eigenvalue weighted by atomic mass is 9.89. The molecule has 1 aromatic rings. The lowest BCUT2D eigenvalue weighted by molar-refractivity contribution is 0.0948. The normalized spacial score (nSPS) is 26.0. The van der Waals surface area contributed by atoms with Crippen LogP contribution >= 0.6 is 22.9 Å². The van der Waals surface area contributed by atoms with Gasteiger partial charge in [0.1, 0.15) is 0 Å². The van der Waals surface area contributed by atoms with E-state index in [1.807, 2.05) is 0 Å². The maximum absolute atomic E-state index is 12.4. The third-order valence-corrected chi connectivity index (χ3v) is 6.62. The SMILES string of the molecule is O=C(NCC1CCCCC1Cl)c1cc2c(s1)CCCCC2. The third-order valence-electron chi connectivity index (χ3n) is 4.81. The van der Waals surface area contributed by atoms with Crippen LogP contribution in [0, 0.1) is 5.92 Å². The van der Waals surface area contributed by atoms with Crippen LogP contribution in [0.5, 0.6) is 0 Å². The highest BCUT2D eigenvalue weighted by Gasteiger charge is 2.24. The second-order valence-electron chi connectivity index (χ2n) is 6.39. The molecule has 21 heavy (non-hydrogen) atoms. The first-order chi connectivity index (χ1) is 10.2. The number of thiophene rings is 1. The fraction of sp³-hybridized carbons (Fsp3) is 0.706. The van der Waals surface area contributed by atoms with Crippen molar-refractivity contribution in [2.75, 3.05) is 6.54 Å². The van der Waals surface area contributed by atoms with E-state index in [0.29, 0.717) is 5.92 Å². The summed E-state index contributed by atoms with van der Waals surface area (Å²) in [6.07, 6.45) is 10.9. The molecule has 2 unspecified atom stereocenters. The third kappa shape index (κ3) is 3.81. The molecule has 0 radical (unpaired) electrons. The molecule has 0 aliphatic heterocycles. The van der Waals surface area contributed by atoms with Crippen molar-refractivity contribution in [2.45, 2.75) is 63.2 Å². The average Bonchev–Trinajstić information content (AvgIpc) is 2.77. The molecule has 0 aromatic carbocycles. The largest absolute Gasteiger partial charge is 0.351 e. The summed E-state index contributed by atoms with van der Waals surface area (Å²) in [5.41, 5.74) is 1.41. The fourth-order valence-electron chi connectivity index (χ4n) is 3.48. The quantitative estimate of drug-likeness (QED) is 0.641. The topological polar surface area (TPSA) is 29.1 Å². The lowest BCUT2D eigenvalue weighted by Gasteiger charge is -2.26. The van der Waals surface area contributed by atoms with Crippen LogP contribution in [0.2, 0.25) is 0 Å². The first-order valence-corrected chi connectivity index (χ1v) is 9.53. The summed E-state index contributed by atoms with van der Waals surface area (Å²) in [5.74, 6) is 0.546. The van der Waals surface area contributed by atoms with Crippen LogP contribution < -0.4 is 5.32 Å². The molecule has 1 N–H and O–H groups in total. The van der Waals surface area contributed by atoms with Gasteiger partial charge in [0.25, 0.3) is 5.91 Å². The molecule has 0 saturated heterocycles. The van der Waals surface area contributed by atoms with Crippen molar-refractivity contribution in [3.05, 3.63) is 21.4 Å². The van der Waals surface area contributed by atoms with E-state index < -0.39 is 0 Å². The van der Waals surface area contributed by atoms with Gasteiger partial charge in [0.15, 0.2) is 0 Å². The van der Waals surface area contributed by atoms with Gasteiger partial charge in [-0.3, -0.25) is 4.79 Å². The van der Waals surface area contributed by atoms with Crippen molar-refractivity contribution < 1.29 is 4.79 Å². The number of rotatable bonds is 3. The van der Waals surface area contributed by atoms with Gasteiger partial charge < -0.3 is 5.32 Å². The van der Waals surface area contributed by atoms with Crippen LogP contribution in [-0.4, -0.2) is 17.8 Å². The van der Waals surface area contributed by atoms with Gasteiger partial charge in [-0.15, -0.1) is 22.9 Å². The van der Waals surface area contributed by atoms with Crippen LogP contribution in [0.15, 0.2) is 6.07 Å². The van der Waals surface area contributed by atoms with E-state index in [-0.39, 0.29) is 11.3 Å². The summed E-state index contributed by atoms with van der Waals surface area (Å²) < 4.78 is 0. The molecule has 1 heterocycles. The van der Waals surface area contributed by atoms with Gasteiger partial charge in [-0.25, -0.2) is 0 Å². The number of amides is 1. The Labute approximate surface area is 136 Å². The minimum absolute atomic E-state index is 0.0995. The molecule has 3 rings (SSSR count). The Morgan fingerprint density at radius 3 is 2.86 bits per heavy atom. The molecular formula is C17H24ClNOS. The molecule has 116 valence electrons. The molecule has 0 spiro atoms. The Morgan fingerprint density at radius 1 is 1.19 bits per heavy atom. The molecule has 1 aromatic heterocycles. The van der Waals surface area contributed by atoms with E-state index in [1.165, 1.54) is 42.5 Å². The number of alkyl halides is 1. The Kier molecular flexibility index (Phi) is 5.23. The highest BCUT2D eigenvalue weighted by molar-refractivity contribution is 7.14. The number of fused-ring (bicyclic) bond motifs is 1. The Morgan fingerprint density at radius 2 is 2.00 bits per heavy atom. The second kappa shape index (κ2) is 7.15. The van der Waals surface area contributed by atoms with Gasteiger partial charge in [0.2, 0.25) is 0 Å². The van der Waals surface area contributed by atoms with Crippen LogP contribution in [0.25, 0.3) is 0 Å². The molecular weight excluding hydrogens is 302 g/mol. The molecule has 2 atom stereocenters. The Bertz CT molecular complexity index is 475. The van der Waals surface area contributed by atoms with Gasteiger partial charge in [0, 0.05) is 16.8 Å². The average molecular weight is 326 g/mol. The minimum atomic E-state index is 0.0995. The van der Waals surface area contributed by atoms with Gasteiger partial charge in [-0.1, -0.05) is 19.3 Å². The maximum atomic E-state index is 12.4. The summed E-state index contributed by atoms with van der Waals surface area (Å²) in [4.78, 5) is 14.7. The molecule has 4 heteroatoms. The number of nitrogens with one attached hydrogen (secondary N) is 1. The zero-order chi connectivity index (χ0) is 14.7. The first-order valence-electron chi connectivity index (χ1n) is 8.28. The number of hydrogen-bond acceptors (Lipinski definition) is 2. The molecule has 2 aliphatic rings. The van der Waals surface area contributed by atoms with Crippen molar-refractivity contribution >= 4 is 28.8 Å². The van der Waals surface area contributed by atoms with E-state index in [9.17, 15) is 4.79 Å². The predicted molar refractivity (Wildman–Crippen MR) is 89.5 cm³/mol. The predicted octanol–water partition coefficient (Wildman–Crippen LogP) is 4.54. The van der Waals surface area contributed by atoms with Gasteiger partial charge >= 0.3 is 0 Å². The molecule has 1 amide bonds. The Hall–Kier alpha value is -0.540. The van der Waals surface area contributed by atoms with Gasteiger partial charge in [0.05, 0.1) is 4.88 Å². The summed E-state index contributed by atoms with van der Waals surface area (Å²) in [6, 6.07) is 2.12. The first kappa shape index (κ1) is 15.4. The van der Waals surface area contributed by atoms with Crippen LogP contribution in [-0.2, 0) is 12.8 Å². The van der Waals surface area contributed by atoms with E-state index in [1.54, 1.807) is 11.3 Å². The zero-order valence-electron chi connectivity index (χ0n) is 12.5. The van der Waals surface area contributed by atoms with Gasteiger partial charge in [-0.2, -0.15) is 0 Å². The number of halogens is 1. The van der Waals surface area contributed by atoms with Crippen LogP contribution in [0.3, 0.4) is 0 Å². The van der Waals surface area contributed by atoms with Crippen molar-refractivity contribution in [3.63, 3.8) is 0 Å². The smallest absolute Gasteiger partial charge is 0.261 e. The monoisotopic (exact) mass is 325 g/mol. The highest BCUT2D eigenvalue weighted by Crippen LogP contribution is 2.30. The van der Waals surface area contributed by atoms with E-state index >= 15 is 0 Å². The van der Waals surface area contributed by atoms with Gasteiger partial charge in [-0.05, 0) is 56.1 Å². The van der Waals surface area contributed by atoms with E-state index in [2.05, 4.69) is 11.4 Å². The fourth-order valence-corrected chi connectivity index (χ4v) is 5.02. The zero-order valence-corrected chi connectivity index (χ0v) is 14.1. The summed E-state index contributed by atoms with van der Waals surface area (Å²) in [7, 11) is 0. The molecule has 2 nitrogen and oxygen atoms in total. The summed E-state index contributed by atoms with van der Waals surface area (Å²) >= 11 is 8.06. The molecule has 1 saturated carbocycles. The molecule has 0 bridgehead atoms. The van der Waals surface area contributed by atoms with Crippen molar-refractivity contribution in [3.8, 4) is 0 Å². The van der Waals surface area contributed by atoms with E-state index in [0.717, 1.165) is 37.1 Å². The summed E-state index contributed by atoms with van der Waals surface area (Å²) in [6.45, 7) is 0.732. The number of hydrogen-bond donors (Lipinski definition) is 1. The lowest BCUT2D eigenvalue weighted by Crippen LogP contribution is -2.34. The number of carbonyl (C=O) groups is 1.